The van der Waals surface area contributed by atoms with Crippen LogP contribution < -0.4 is 0 Å². The number of methoxy groups -OCH3 is 1. The monoisotopic (exact) mass is 186 g/mol. The summed E-state index contributed by atoms with van der Waals surface area (Å²) in [5.41, 5.74) is -0.181. The van der Waals surface area contributed by atoms with Gasteiger partial charge in [-0.25, -0.2) is 0 Å². The van der Waals surface area contributed by atoms with Crippen LogP contribution in [-0.2, 0) is 4.74 Å². The van der Waals surface area contributed by atoms with E-state index < -0.39 is 0 Å². The second kappa shape index (κ2) is 3.97. The van der Waals surface area contributed by atoms with E-state index in [1.165, 1.54) is 6.42 Å². The summed E-state index contributed by atoms with van der Waals surface area (Å²) in [5, 5.41) is 9.93. The minimum Gasteiger partial charge on any atom is -0.393 e. The molecule has 0 amide bonds. The molecule has 3 unspecified atom stereocenters. The topological polar surface area (TPSA) is 29.5 Å². The fraction of sp³-hybridized carbons (Fsp3) is 1.00. The van der Waals surface area contributed by atoms with Gasteiger partial charge in [0.2, 0.25) is 0 Å². The van der Waals surface area contributed by atoms with Crippen molar-refractivity contribution in [2.45, 2.75) is 51.7 Å². The largest absolute Gasteiger partial charge is 0.393 e. The molecule has 0 heterocycles. The maximum absolute atomic E-state index is 9.93. The third-order valence-corrected chi connectivity index (χ3v) is 3.50. The molecule has 0 aromatic rings. The quantitative estimate of drug-likeness (QED) is 0.716. The van der Waals surface area contributed by atoms with E-state index in [9.17, 15) is 5.11 Å². The summed E-state index contributed by atoms with van der Waals surface area (Å²) in [6, 6.07) is 0. The molecule has 78 valence electrons. The zero-order chi connectivity index (χ0) is 10.1. The average Bonchev–Trinajstić information content (AvgIpc) is 2.03. The van der Waals surface area contributed by atoms with Gasteiger partial charge in [0, 0.05) is 13.0 Å². The van der Waals surface area contributed by atoms with Gasteiger partial charge in [-0.15, -0.1) is 0 Å². The van der Waals surface area contributed by atoms with Gasteiger partial charge >= 0.3 is 0 Å². The van der Waals surface area contributed by atoms with Crippen molar-refractivity contribution >= 4 is 0 Å². The van der Waals surface area contributed by atoms with Crippen LogP contribution in [0, 0.1) is 11.8 Å². The van der Waals surface area contributed by atoms with Gasteiger partial charge in [-0.2, -0.15) is 0 Å². The molecule has 2 nitrogen and oxygen atoms in total. The van der Waals surface area contributed by atoms with Crippen LogP contribution in [0.3, 0.4) is 0 Å². The second-order valence-electron chi connectivity index (χ2n) is 4.90. The Morgan fingerprint density at radius 3 is 2.38 bits per heavy atom. The van der Waals surface area contributed by atoms with Crippen molar-refractivity contribution in [1.29, 1.82) is 0 Å². The normalized spacial score (nSPS) is 36.2. The van der Waals surface area contributed by atoms with Crippen LogP contribution in [0.4, 0.5) is 0 Å². The van der Waals surface area contributed by atoms with Crippen LogP contribution in [0.2, 0.25) is 0 Å². The van der Waals surface area contributed by atoms with Crippen LogP contribution >= 0.6 is 0 Å². The zero-order valence-electron chi connectivity index (χ0n) is 9.21. The van der Waals surface area contributed by atoms with Crippen LogP contribution in [0.5, 0.6) is 0 Å². The highest BCUT2D eigenvalue weighted by Gasteiger charge is 2.38. The van der Waals surface area contributed by atoms with Crippen molar-refractivity contribution < 1.29 is 9.84 Å². The van der Waals surface area contributed by atoms with Crippen LogP contribution in [0.15, 0.2) is 0 Å². The van der Waals surface area contributed by atoms with Crippen molar-refractivity contribution in [3.63, 3.8) is 0 Å². The molecule has 0 bridgehead atoms. The first-order valence-corrected chi connectivity index (χ1v) is 5.20. The minimum atomic E-state index is -0.182. The third-order valence-electron chi connectivity index (χ3n) is 3.50. The van der Waals surface area contributed by atoms with E-state index in [0.29, 0.717) is 11.8 Å². The first-order chi connectivity index (χ1) is 5.97. The predicted octanol–water partition coefficient (Wildman–Crippen LogP) is 2.21. The lowest BCUT2D eigenvalue weighted by Crippen LogP contribution is -2.44. The Balaban J connectivity index is 2.60. The Labute approximate surface area is 81.3 Å². The third kappa shape index (κ3) is 2.44. The zero-order valence-corrected chi connectivity index (χ0v) is 9.21. The highest BCUT2D eigenvalue weighted by molar-refractivity contribution is 4.88. The molecule has 3 atom stereocenters. The lowest BCUT2D eigenvalue weighted by molar-refractivity contribution is -0.0956. The molecule has 1 aliphatic rings. The molecule has 1 N–H and O–H groups in total. The molecule has 1 aliphatic carbocycles. The Hall–Kier alpha value is -0.0800. The Morgan fingerprint density at radius 2 is 1.92 bits per heavy atom. The molecule has 0 spiro atoms. The highest BCUT2D eigenvalue weighted by Crippen LogP contribution is 2.36. The average molecular weight is 186 g/mol. The lowest BCUT2D eigenvalue weighted by atomic mass is 9.73. The summed E-state index contributed by atoms with van der Waals surface area (Å²) in [6.45, 7) is 6.34. The van der Waals surface area contributed by atoms with E-state index in [0.717, 1.165) is 12.8 Å². The minimum absolute atomic E-state index is 0.181. The highest BCUT2D eigenvalue weighted by atomic mass is 16.5. The van der Waals surface area contributed by atoms with Crippen LogP contribution in [-0.4, -0.2) is 23.9 Å². The SMILES string of the molecule is COC(C)(C)C1CCC(C)CC1O. The maximum atomic E-state index is 9.93. The standard InChI is InChI=1S/C11H22O2/c1-8-5-6-9(10(12)7-8)11(2,3)13-4/h8-10,12H,5-7H2,1-4H3. The van der Waals surface area contributed by atoms with E-state index in [1.54, 1.807) is 7.11 Å². The summed E-state index contributed by atoms with van der Waals surface area (Å²) in [7, 11) is 1.73. The molecule has 0 aliphatic heterocycles. The molecular weight excluding hydrogens is 164 g/mol. The molecule has 0 aromatic heterocycles. The van der Waals surface area contributed by atoms with Gasteiger partial charge in [-0.05, 0) is 32.6 Å². The summed E-state index contributed by atoms with van der Waals surface area (Å²) in [4.78, 5) is 0. The molecule has 1 rings (SSSR count). The van der Waals surface area contributed by atoms with Crippen molar-refractivity contribution in [2.24, 2.45) is 11.8 Å². The first kappa shape index (κ1) is 11.0. The number of aliphatic hydroxyl groups is 1. The van der Waals surface area contributed by atoms with Gasteiger partial charge in [0.1, 0.15) is 0 Å². The molecular formula is C11H22O2. The number of ether oxygens (including phenoxy) is 1. The molecule has 0 aromatic carbocycles. The number of hydrogen-bond acceptors (Lipinski definition) is 2. The smallest absolute Gasteiger partial charge is 0.0675 e. The summed E-state index contributed by atoms with van der Waals surface area (Å²) < 4.78 is 5.42. The fourth-order valence-corrected chi connectivity index (χ4v) is 2.31. The Bertz CT molecular complexity index is 165. The Kier molecular flexibility index (Phi) is 3.36. The predicted molar refractivity (Wildman–Crippen MR) is 53.6 cm³/mol. The number of aliphatic hydroxyl groups excluding tert-OH is 1. The summed E-state index contributed by atoms with van der Waals surface area (Å²) in [5.74, 6) is 0.965. The van der Waals surface area contributed by atoms with Gasteiger partial charge in [0.25, 0.3) is 0 Å². The van der Waals surface area contributed by atoms with Gasteiger partial charge in [-0.3, -0.25) is 0 Å². The van der Waals surface area contributed by atoms with Crippen molar-refractivity contribution in [2.75, 3.05) is 7.11 Å². The number of hydrogen-bond donors (Lipinski definition) is 1. The van der Waals surface area contributed by atoms with Crippen molar-refractivity contribution in [3.05, 3.63) is 0 Å². The van der Waals surface area contributed by atoms with E-state index >= 15 is 0 Å². The van der Waals surface area contributed by atoms with E-state index in [2.05, 4.69) is 20.8 Å². The van der Waals surface area contributed by atoms with Crippen molar-refractivity contribution in [1.82, 2.24) is 0 Å². The van der Waals surface area contributed by atoms with Gasteiger partial charge in [-0.1, -0.05) is 13.3 Å². The molecule has 2 heteroatoms. The van der Waals surface area contributed by atoms with Crippen LogP contribution in [0.1, 0.15) is 40.0 Å². The Morgan fingerprint density at radius 1 is 1.31 bits per heavy atom. The van der Waals surface area contributed by atoms with Gasteiger partial charge < -0.3 is 9.84 Å². The molecule has 0 saturated heterocycles. The van der Waals surface area contributed by atoms with E-state index in [4.69, 9.17) is 4.74 Å². The second-order valence-corrected chi connectivity index (χ2v) is 4.90. The fourth-order valence-electron chi connectivity index (χ4n) is 2.31. The molecule has 13 heavy (non-hydrogen) atoms. The lowest BCUT2D eigenvalue weighted by Gasteiger charge is -2.40. The maximum Gasteiger partial charge on any atom is 0.0675 e. The number of rotatable bonds is 2. The van der Waals surface area contributed by atoms with E-state index in [1.807, 2.05) is 0 Å². The van der Waals surface area contributed by atoms with E-state index in [-0.39, 0.29) is 11.7 Å². The van der Waals surface area contributed by atoms with Gasteiger partial charge in [0.05, 0.1) is 11.7 Å². The summed E-state index contributed by atoms with van der Waals surface area (Å²) in [6.07, 6.45) is 3.05. The van der Waals surface area contributed by atoms with Crippen LogP contribution in [0.25, 0.3) is 0 Å². The first-order valence-electron chi connectivity index (χ1n) is 5.20. The molecule has 1 saturated carbocycles. The molecule has 0 radical (unpaired) electrons. The molecule has 1 fully saturated rings. The van der Waals surface area contributed by atoms with Gasteiger partial charge in [0.15, 0.2) is 0 Å². The van der Waals surface area contributed by atoms with Crippen molar-refractivity contribution in [3.8, 4) is 0 Å². The summed E-state index contributed by atoms with van der Waals surface area (Å²) >= 11 is 0.